The lowest BCUT2D eigenvalue weighted by Gasteiger charge is -2.10. The molecule has 132 valence electrons. The number of nitrogens with zero attached hydrogens (tertiary/aromatic N) is 2. The topological polar surface area (TPSA) is 65.7 Å². The van der Waals surface area contributed by atoms with Crippen LogP contribution in [0.15, 0.2) is 65.8 Å². The SMILES string of the molecule is Cc1ncc(CO)c(C=N[C@H](C)c2ccc(-c3ccccc3)cc2)c1O. The van der Waals surface area contributed by atoms with E-state index >= 15 is 0 Å². The fraction of sp³-hybridized carbons (Fsp3) is 0.182. The summed E-state index contributed by atoms with van der Waals surface area (Å²) in [7, 11) is 0. The van der Waals surface area contributed by atoms with Crippen LogP contribution in [-0.2, 0) is 6.61 Å². The molecule has 0 saturated heterocycles. The Labute approximate surface area is 153 Å². The first kappa shape index (κ1) is 17.8. The van der Waals surface area contributed by atoms with Gasteiger partial charge in [-0.3, -0.25) is 9.98 Å². The van der Waals surface area contributed by atoms with Crippen LogP contribution in [0.1, 0.15) is 35.3 Å². The number of hydrogen-bond donors (Lipinski definition) is 2. The maximum atomic E-state index is 10.2. The minimum atomic E-state index is -0.192. The van der Waals surface area contributed by atoms with Crippen LogP contribution in [-0.4, -0.2) is 21.4 Å². The van der Waals surface area contributed by atoms with Crippen molar-refractivity contribution < 1.29 is 10.2 Å². The van der Waals surface area contributed by atoms with Gasteiger partial charge < -0.3 is 10.2 Å². The third-order valence-electron chi connectivity index (χ3n) is 4.46. The molecule has 3 rings (SSSR count). The van der Waals surface area contributed by atoms with E-state index in [0.29, 0.717) is 16.8 Å². The molecule has 26 heavy (non-hydrogen) atoms. The Balaban J connectivity index is 1.81. The highest BCUT2D eigenvalue weighted by Gasteiger charge is 2.10. The predicted molar refractivity (Wildman–Crippen MR) is 104 cm³/mol. The zero-order valence-electron chi connectivity index (χ0n) is 14.9. The fourth-order valence-corrected chi connectivity index (χ4v) is 2.78. The van der Waals surface area contributed by atoms with Gasteiger partial charge in [-0.25, -0.2) is 0 Å². The highest BCUT2D eigenvalue weighted by atomic mass is 16.3. The second kappa shape index (κ2) is 7.93. The molecular weight excluding hydrogens is 324 g/mol. The number of hydrogen-bond acceptors (Lipinski definition) is 4. The van der Waals surface area contributed by atoms with Crippen molar-refractivity contribution in [1.29, 1.82) is 0 Å². The maximum absolute atomic E-state index is 10.2. The van der Waals surface area contributed by atoms with Gasteiger partial charge in [0.1, 0.15) is 5.75 Å². The van der Waals surface area contributed by atoms with Crippen LogP contribution in [0.4, 0.5) is 0 Å². The first-order chi connectivity index (χ1) is 12.6. The summed E-state index contributed by atoms with van der Waals surface area (Å²) in [6.45, 7) is 3.53. The third-order valence-corrected chi connectivity index (χ3v) is 4.46. The van der Waals surface area contributed by atoms with Crippen molar-refractivity contribution in [3.63, 3.8) is 0 Å². The molecule has 3 aromatic rings. The fourth-order valence-electron chi connectivity index (χ4n) is 2.78. The van der Waals surface area contributed by atoms with Gasteiger partial charge in [-0.2, -0.15) is 0 Å². The monoisotopic (exact) mass is 346 g/mol. The summed E-state index contributed by atoms with van der Waals surface area (Å²) in [5, 5.41) is 19.6. The first-order valence-electron chi connectivity index (χ1n) is 8.57. The number of rotatable bonds is 5. The molecule has 0 aliphatic carbocycles. The number of aliphatic imine (C=N–C) groups is 1. The third kappa shape index (κ3) is 3.81. The Bertz CT molecular complexity index is 903. The van der Waals surface area contributed by atoms with E-state index in [1.807, 2.05) is 25.1 Å². The van der Waals surface area contributed by atoms with Gasteiger partial charge in [-0.15, -0.1) is 0 Å². The highest BCUT2D eigenvalue weighted by Crippen LogP contribution is 2.25. The smallest absolute Gasteiger partial charge is 0.145 e. The van der Waals surface area contributed by atoms with E-state index in [-0.39, 0.29) is 18.4 Å². The number of aromatic nitrogens is 1. The van der Waals surface area contributed by atoms with Gasteiger partial charge in [0.05, 0.1) is 18.3 Å². The molecule has 0 unspecified atom stereocenters. The van der Waals surface area contributed by atoms with E-state index in [4.69, 9.17) is 0 Å². The molecule has 1 atom stereocenters. The Kier molecular flexibility index (Phi) is 5.44. The number of pyridine rings is 1. The zero-order chi connectivity index (χ0) is 18.5. The van der Waals surface area contributed by atoms with Crippen LogP contribution >= 0.6 is 0 Å². The van der Waals surface area contributed by atoms with E-state index in [1.54, 1.807) is 19.3 Å². The summed E-state index contributed by atoms with van der Waals surface area (Å²) in [6, 6.07) is 18.5. The van der Waals surface area contributed by atoms with Crippen molar-refractivity contribution in [2.75, 3.05) is 0 Å². The lowest BCUT2D eigenvalue weighted by atomic mass is 10.0. The molecule has 1 heterocycles. The number of aliphatic hydroxyl groups is 1. The van der Waals surface area contributed by atoms with Gasteiger partial charge in [-0.05, 0) is 30.5 Å². The molecule has 0 radical (unpaired) electrons. The van der Waals surface area contributed by atoms with E-state index in [1.165, 1.54) is 5.56 Å². The molecule has 0 amide bonds. The lowest BCUT2D eigenvalue weighted by molar-refractivity contribution is 0.280. The quantitative estimate of drug-likeness (QED) is 0.672. The molecule has 0 saturated carbocycles. The van der Waals surface area contributed by atoms with Crippen LogP contribution in [0.5, 0.6) is 5.75 Å². The lowest BCUT2D eigenvalue weighted by Crippen LogP contribution is -1.99. The van der Waals surface area contributed by atoms with Crippen molar-refractivity contribution >= 4 is 6.21 Å². The molecule has 1 aromatic heterocycles. The van der Waals surface area contributed by atoms with Crippen molar-refractivity contribution in [3.05, 3.63) is 83.2 Å². The van der Waals surface area contributed by atoms with Gasteiger partial charge in [0, 0.05) is 23.5 Å². The van der Waals surface area contributed by atoms with E-state index in [0.717, 1.165) is 11.1 Å². The molecule has 0 fully saturated rings. The van der Waals surface area contributed by atoms with Crippen LogP contribution in [0, 0.1) is 6.92 Å². The Morgan fingerprint density at radius 3 is 2.35 bits per heavy atom. The van der Waals surface area contributed by atoms with E-state index in [2.05, 4.69) is 46.4 Å². The van der Waals surface area contributed by atoms with Crippen LogP contribution in [0.3, 0.4) is 0 Å². The van der Waals surface area contributed by atoms with Crippen LogP contribution in [0.2, 0.25) is 0 Å². The van der Waals surface area contributed by atoms with Gasteiger partial charge in [0.15, 0.2) is 0 Å². The van der Waals surface area contributed by atoms with Crippen LogP contribution < -0.4 is 0 Å². The van der Waals surface area contributed by atoms with Gasteiger partial charge >= 0.3 is 0 Å². The standard InChI is InChI=1S/C22H22N2O2/c1-15(24-13-21-20(14-25)12-23-16(2)22(21)26)17-8-10-19(11-9-17)18-6-4-3-5-7-18/h3-13,15,25-26H,14H2,1-2H3/t15-/m1/s1. The molecule has 0 aliphatic heterocycles. The molecule has 0 bridgehead atoms. The maximum Gasteiger partial charge on any atom is 0.145 e. The summed E-state index contributed by atoms with van der Waals surface area (Å²) in [5.41, 5.74) is 5.02. The summed E-state index contributed by atoms with van der Waals surface area (Å²) < 4.78 is 0. The van der Waals surface area contributed by atoms with Gasteiger partial charge in [0.25, 0.3) is 0 Å². The normalized spacial score (nSPS) is 12.4. The molecule has 0 spiro atoms. The Morgan fingerprint density at radius 1 is 1.04 bits per heavy atom. The number of aryl methyl sites for hydroxylation is 1. The average Bonchev–Trinajstić information content (AvgIpc) is 2.69. The predicted octanol–water partition coefficient (Wildman–Crippen LogP) is 4.44. The number of aromatic hydroxyl groups is 1. The minimum Gasteiger partial charge on any atom is -0.505 e. The van der Waals surface area contributed by atoms with Gasteiger partial charge in [0.2, 0.25) is 0 Å². The first-order valence-corrected chi connectivity index (χ1v) is 8.57. The van der Waals surface area contributed by atoms with Crippen molar-refractivity contribution in [2.45, 2.75) is 26.5 Å². The van der Waals surface area contributed by atoms with Crippen molar-refractivity contribution in [1.82, 2.24) is 4.98 Å². The number of aliphatic hydroxyl groups excluding tert-OH is 1. The Morgan fingerprint density at radius 2 is 1.69 bits per heavy atom. The molecular formula is C22H22N2O2. The van der Waals surface area contributed by atoms with Crippen molar-refractivity contribution in [2.24, 2.45) is 4.99 Å². The minimum absolute atomic E-state index is 0.0620. The number of benzene rings is 2. The Hall–Kier alpha value is -2.98. The second-order valence-corrected chi connectivity index (χ2v) is 6.23. The zero-order valence-corrected chi connectivity index (χ0v) is 14.9. The highest BCUT2D eigenvalue weighted by molar-refractivity contribution is 5.85. The van der Waals surface area contributed by atoms with E-state index < -0.39 is 0 Å². The average molecular weight is 346 g/mol. The summed E-state index contributed by atoms with van der Waals surface area (Å²) in [5.74, 6) is 0.0620. The molecule has 2 aromatic carbocycles. The molecule has 4 heteroatoms. The summed E-state index contributed by atoms with van der Waals surface area (Å²) in [6.07, 6.45) is 3.18. The van der Waals surface area contributed by atoms with Crippen LogP contribution in [0.25, 0.3) is 11.1 Å². The second-order valence-electron chi connectivity index (χ2n) is 6.23. The van der Waals surface area contributed by atoms with E-state index in [9.17, 15) is 10.2 Å². The summed E-state index contributed by atoms with van der Waals surface area (Å²) in [4.78, 5) is 8.62. The van der Waals surface area contributed by atoms with Crippen molar-refractivity contribution in [3.8, 4) is 16.9 Å². The summed E-state index contributed by atoms with van der Waals surface area (Å²) >= 11 is 0. The van der Waals surface area contributed by atoms with Gasteiger partial charge in [-0.1, -0.05) is 54.6 Å². The molecule has 2 N–H and O–H groups in total. The molecule has 4 nitrogen and oxygen atoms in total. The largest absolute Gasteiger partial charge is 0.505 e. The molecule has 0 aliphatic rings.